The first-order valence-corrected chi connectivity index (χ1v) is 0.548. The average molecular weight is 219 g/mol. The van der Waals surface area contributed by atoms with Crippen molar-refractivity contribution in [1.29, 1.82) is 0 Å². The molecule has 0 rings (SSSR count). The van der Waals surface area contributed by atoms with Crippen LogP contribution in [-0.2, 0) is 0 Å². The molecule has 0 aliphatic heterocycles. The Labute approximate surface area is 62.0 Å². The van der Waals surface area contributed by atoms with Gasteiger partial charge in [-0.1, -0.05) is 0 Å². The number of hydrogen-bond donors (Lipinski definition) is 1. The van der Waals surface area contributed by atoms with Crippen LogP contribution in [0.4, 0.5) is 0 Å². The van der Waals surface area contributed by atoms with Gasteiger partial charge in [0.15, 0.2) is 0 Å². The molecular formula is H4LaN2O3+3. The third-order valence-electron chi connectivity index (χ3n) is 0. The zero-order valence-corrected chi connectivity index (χ0v) is 6.88. The summed E-state index contributed by atoms with van der Waals surface area (Å²) in [6, 6.07) is 0. The Morgan fingerprint density at radius 2 is 1.33 bits per heavy atom. The van der Waals surface area contributed by atoms with E-state index in [4.69, 9.17) is 15.3 Å². The Kier molecular flexibility index (Phi) is 24.3. The molecule has 0 aliphatic carbocycles. The standard InChI is InChI=1S/La.NO3.H3N/c;2-1(3)4;/h;;1H3/q+3;-1;/p+1. The Hall–Kier alpha value is 0.355. The first-order valence-electron chi connectivity index (χ1n) is 0.548. The molecule has 0 saturated carbocycles. The minimum absolute atomic E-state index is 0. The summed E-state index contributed by atoms with van der Waals surface area (Å²) in [6.45, 7) is 0. The second-order valence-electron chi connectivity index (χ2n) is 0.224. The molecule has 0 aliphatic rings. The number of hydrogen-bond acceptors (Lipinski definition) is 3. The zero-order chi connectivity index (χ0) is 3.58. The fourth-order valence-corrected chi connectivity index (χ4v) is 0. The molecule has 0 fully saturated rings. The topological polar surface area (TPSA) is 103 Å². The number of quaternary nitrogens is 1. The molecule has 6 heteroatoms. The van der Waals surface area contributed by atoms with Gasteiger partial charge in [0.1, 0.15) is 0 Å². The largest absolute Gasteiger partial charge is 3.00 e. The van der Waals surface area contributed by atoms with E-state index in [1.54, 1.807) is 0 Å². The summed E-state index contributed by atoms with van der Waals surface area (Å²) in [5, 5.41) is 14.8. The summed E-state index contributed by atoms with van der Waals surface area (Å²) >= 11 is 0. The second kappa shape index (κ2) is 9.02. The van der Waals surface area contributed by atoms with E-state index in [2.05, 4.69) is 0 Å². The van der Waals surface area contributed by atoms with Crippen LogP contribution in [-0.4, -0.2) is 5.09 Å². The minimum atomic E-state index is -1.75. The molecule has 0 unspecified atom stereocenters. The molecule has 4 N–H and O–H groups in total. The maximum absolute atomic E-state index is 8.25. The number of nitrogens with zero attached hydrogens (tertiary/aromatic N) is 1. The summed E-state index contributed by atoms with van der Waals surface area (Å²) in [5.41, 5.74) is 0. The second-order valence-corrected chi connectivity index (χ2v) is 0.224. The fraction of sp³-hybridized carbons (Fsp3) is 0. The van der Waals surface area contributed by atoms with Crippen LogP contribution in [0.5, 0.6) is 0 Å². The predicted molar refractivity (Wildman–Crippen MR) is 16.3 cm³/mol. The van der Waals surface area contributed by atoms with E-state index >= 15 is 0 Å². The van der Waals surface area contributed by atoms with Crippen molar-refractivity contribution < 1.29 is 40.7 Å². The van der Waals surface area contributed by atoms with Crippen LogP contribution in [0.15, 0.2) is 0 Å². The molecule has 0 saturated heterocycles. The molecule has 0 bridgehead atoms. The molecule has 32 valence electrons. The van der Waals surface area contributed by atoms with Gasteiger partial charge in [0.05, 0.1) is 5.09 Å². The molecule has 0 amide bonds. The van der Waals surface area contributed by atoms with Crippen LogP contribution >= 0.6 is 0 Å². The third kappa shape index (κ3) is 389. The summed E-state index contributed by atoms with van der Waals surface area (Å²) in [5.74, 6) is 0. The summed E-state index contributed by atoms with van der Waals surface area (Å²) in [4.78, 5) is 8.25. The van der Waals surface area contributed by atoms with E-state index in [1.165, 1.54) is 0 Å². The van der Waals surface area contributed by atoms with Gasteiger partial charge in [-0.25, -0.2) is 0 Å². The normalized spacial score (nSPS) is 4.00. The Morgan fingerprint density at radius 3 is 1.33 bits per heavy atom. The van der Waals surface area contributed by atoms with Crippen molar-refractivity contribution in [2.45, 2.75) is 0 Å². The first kappa shape index (κ1) is 16.2. The van der Waals surface area contributed by atoms with E-state index in [1.807, 2.05) is 0 Å². The molecule has 6 heavy (non-hydrogen) atoms. The Balaban J connectivity index is -0.0000000450. The SMILES string of the molecule is O=[N+]([O-])[O-].[La+3].[NH4+]. The summed E-state index contributed by atoms with van der Waals surface area (Å²) in [6.07, 6.45) is 0. The van der Waals surface area contributed by atoms with Crippen LogP contribution < -0.4 is 6.15 Å². The van der Waals surface area contributed by atoms with E-state index in [9.17, 15) is 0 Å². The van der Waals surface area contributed by atoms with Gasteiger partial charge in [-0.15, -0.1) is 0 Å². The van der Waals surface area contributed by atoms with Crippen LogP contribution in [0.3, 0.4) is 0 Å². The Morgan fingerprint density at radius 1 is 1.33 bits per heavy atom. The van der Waals surface area contributed by atoms with Gasteiger partial charge in [0.25, 0.3) is 0 Å². The van der Waals surface area contributed by atoms with Crippen LogP contribution in [0, 0.1) is 50.9 Å². The smallest absolute Gasteiger partial charge is 0.369 e. The van der Waals surface area contributed by atoms with Gasteiger partial charge in [-0.2, -0.15) is 0 Å². The summed E-state index contributed by atoms with van der Waals surface area (Å²) < 4.78 is 0. The van der Waals surface area contributed by atoms with Gasteiger partial charge in [0, 0.05) is 0 Å². The molecule has 0 aromatic heterocycles. The van der Waals surface area contributed by atoms with E-state index in [-0.39, 0.29) is 41.7 Å². The van der Waals surface area contributed by atoms with Gasteiger partial charge in [0.2, 0.25) is 0 Å². The zero-order valence-electron chi connectivity index (χ0n) is 3.25. The van der Waals surface area contributed by atoms with Crippen molar-refractivity contribution in [1.82, 2.24) is 6.15 Å². The molecule has 5 nitrogen and oxygen atoms in total. The van der Waals surface area contributed by atoms with Gasteiger partial charge in [-0.3, -0.25) is 0 Å². The quantitative estimate of drug-likeness (QED) is 0.462. The number of rotatable bonds is 0. The minimum Gasteiger partial charge on any atom is -0.369 e. The average Bonchev–Trinajstić information content (AvgIpc) is 0.811. The van der Waals surface area contributed by atoms with Crippen LogP contribution in [0.2, 0.25) is 0 Å². The van der Waals surface area contributed by atoms with Gasteiger partial charge in [-0.05, 0) is 0 Å². The van der Waals surface area contributed by atoms with Crippen LogP contribution in [0.25, 0.3) is 0 Å². The summed E-state index contributed by atoms with van der Waals surface area (Å²) in [7, 11) is 0. The van der Waals surface area contributed by atoms with Crippen molar-refractivity contribution in [3.63, 3.8) is 0 Å². The van der Waals surface area contributed by atoms with E-state index in [0.29, 0.717) is 0 Å². The van der Waals surface area contributed by atoms with Gasteiger partial charge >= 0.3 is 35.6 Å². The first-order chi connectivity index (χ1) is 1.73. The van der Waals surface area contributed by atoms with Crippen molar-refractivity contribution in [3.8, 4) is 0 Å². The predicted octanol–water partition coefficient (Wildman–Crippen LogP) is 0.137. The maximum atomic E-state index is 8.25. The Bertz CT molecular complexity index is 31.8. The molecule has 0 heterocycles. The van der Waals surface area contributed by atoms with E-state index < -0.39 is 5.09 Å². The fourth-order valence-electron chi connectivity index (χ4n) is 0. The molecule has 0 spiro atoms. The van der Waals surface area contributed by atoms with Gasteiger partial charge < -0.3 is 21.5 Å². The monoisotopic (exact) mass is 219 g/mol. The third-order valence-corrected chi connectivity index (χ3v) is 0. The molecular weight excluding hydrogens is 215 g/mol. The molecule has 0 atom stereocenters. The van der Waals surface area contributed by atoms with Crippen LogP contribution in [0.1, 0.15) is 0 Å². The van der Waals surface area contributed by atoms with Crippen molar-refractivity contribution >= 4 is 0 Å². The van der Waals surface area contributed by atoms with Crippen molar-refractivity contribution in [2.75, 3.05) is 0 Å². The van der Waals surface area contributed by atoms with E-state index in [0.717, 1.165) is 0 Å². The molecule has 0 radical (unpaired) electrons. The van der Waals surface area contributed by atoms with Crippen molar-refractivity contribution in [3.05, 3.63) is 15.3 Å². The molecule has 0 aromatic rings. The molecule has 0 aromatic carbocycles. The van der Waals surface area contributed by atoms with Crippen molar-refractivity contribution in [2.24, 2.45) is 0 Å². The maximum Gasteiger partial charge on any atom is 3.00 e.